The van der Waals surface area contributed by atoms with Crippen molar-refractivity contribution in [2.24, 2.45) is 7.05 Å². The van der Waals surface area contributed by atoms with Crippen molar-refractivity contribution in [1.29, 1.82) is 0 Å². The van der Waals surface area contributed by atoms with E-state index in [1.807, 2.05) is 0 Å². The number of nitrogens with one attached hydrogen (secondary N) is 2. The minimum Gasteiger partial charge on any atom is -0.471 e. The maximum Gasteiger partial charge on any atom is 0.269 e. The Labute approximate surface area is 172 Å². The summed E-state index contributed by atoms with van der Waals surface area (Å²) < 4.78 is 25.6. The highest BCUT2D eigenvalue weighted by atomic mass is 19.1. The Hall–Kier alpha value is -3.69. The van der Waals surface area contributed by atoms with Gasteiger partial charge in [-0.3, -0.25) is 14.3 Å². The summed E-state index contributed by atoms with van der Waals surface area (Å²) in [5.41, 5.74) is 2.27. The number of benzene rings is 1. The van der Waals surface area contributed by atoms with E-state index in [1.54, 1.807) is 26.1 Å². The summed E-state index contributed by atoms with van der Waals surface area (Å²) in [5.74, 6) is -0.00707. The zero-order chi connectivity index (χ0) is 21.7. The topological polar surface area (TPSA) is 111 Å². The van der Waals surface area contributed by atoms with Crippen molar-refractivity contribution in [2.75, 3.05) is 13.1 Å². The molecule has 0 spiro atoms. The van der Waals surface area contributed by atoms with Crippen molar-refractivity contribution in [2.45, 2.75) is 20.5 Å². The van der Waals surface area contributed by atoms with Crippen LogP contribution >= 0.6 is 0 Å². The van der Waals surface area contributed by atoms with E-state index in [4.69, 9.17) is 9.26 Å². The second-order valence-electron chi connectivity index (χ2n) is 6.59. The first kappa shape index (κ1) is 21.0. The normalized spacial score (nSPS) is 10.7. The number of aryl methyl sites for hydroxylation is 2. The van der Waals surface area contributed by atoms with E-state index in [0.717, 1.165) is 0 Å². The van der Waals surface area contributed by atoms with Gasteiger partial charge < -0.3 is 19.9 Å². The van der Waals surface area contributed by atoms with Gasteiger partial charge in [-0.25, -0.2) is 4.39 Å². The number of aromatic nitrogens is 3. The van der Waals surface area contributed by atoms with Crippen LogP contribution in [0.3, 0.4) is 0 Å². The van der Waals surface area contributed by atoms with Gasteiger partial charge in [0.1, 0.15) is 29.6 Å². The fourth-order valence-electron chi connectivity index (χ4n) is 2.77. The van der Waals surface area contributed by atoms with E-state index in [9.17, 15) is 14.0 Å². The number of halogens is 1. The van der Waals surface area contributed by atoms with Crippen LogP contribution in [0.5, 0.6) is 5.88 Å². The van der Waals surface area contributed by atoms with Crippen LogP contribution in [0.15, 0.2) is 34.9 Å². The molecule has 158 valence electrons. The van der Waals surface area contributed by atoms with E-state index in [0.29, 0.717) is 41.4 Å². The molecule has 2 N–H and O–H groups in total. The second-order valence-corrected chi connectivity index (χ2v) is 6.59. The summed E-state index contributed by atoms with van der Waals surface area (Å²) in [6.45, 7) is 3.90. The second kappa shape index (κ2) is 9.21. The van der Waals surface area contributed by atoms with Crippen LogP contribution in [0, 0.1) is 12.7 Å². The van der Waals surface area contributed by atoms with Crippen molar-refractivity contribution in [1.82, 2.24) is 25.6 Å². The first-order valence-electron chi connectivity index (χ1n) is 9.25. The van der Waals surface area contributed by atoms with Crippen molar-refractivity contribution >= 4 is 11.8 Å². The lowest BCUT2D eigenvalue weighted by Crippen LogP contribution is -2.34. The molecule has 0 bridgehead atoms. The number of hydrogen-bond acceptors (Lipinski definition) is 6. The molecular formula is C20H22FN5O4. The lowest BCUT2D eigenvalue weighted by Gasteiger charge is -2.05. The first-order chi connectivity index (χ1) is 14.3. The van der Waals surface area contributed by atoms with Crippen LogP contribution in [-0.4, -0.2) is 39.8 Å². The Bertz CT molecular complexity index is 1040. The molecule has 2 amide bonds. The molecule has 0 saturated heterocycles. The van der Waals surface area contributed by atoms with Gasteiger partial charge in [-0.2, -0.15) is 0 Å². The van der Waals surface area contributed by atoms with Gasteiger partial charge in [0, 0.05) is 38.7 Å². The minimum absolute atomic E-state index is 0.114. The van der Waals surface area contributed by atoms with E-state index in [2.05, 4.69) is 20.9 Å². The Morgan fingerprint density at radius 1 is 1.20 bits per heavy atom. The number of amides is 2. The SMILES string of the molecule is CC(=O)NCCNC(=O)c1cc(OCc2c(-c3ccc(F)cc3)noc2C)nn1C. The fraction of sp³-hybridized carbons (Fsp3) is 0.300. The molecule has 0 saturated carbocycles. The smallest absolute Gasteiger partial charge is 0.269 e. The zero-order valence-electron chi connectivity index (χ0n) is 16.9. The molecule has 0 aliphatic carbocycles. The number of carbonyl (C=O) groups is 2. The van der Waals surface area contributed by atoms with Gasteiger partial charge in [0.25, 0.3) is 5.91 Å². The van der Waals surface area contributed by atoms with Gasteiger partial charge in [0.05, 0.1) is 5.56 Å². The number of rotatable bonds is 8. The summed E-state index contributed by atoms with van der Waals surface area (Å²) >= 11 is 0. The molecule has 0 aliphatic heterocycles. The summed E-state index contributed by atoms with van der Waals surface area (Å²) in [7, 11) is 1.63. The first-order valence-corrected chi connectivity index (χ1v) is 9.25. The maximum absolute atomic E-state index is 13.2. The molecule has 3 rings (SSSR count). The molecule has 9 nitrogen and oxygen atoms in total. The minimum atomic E-state index is -0.340. The Morgan fingerprint density at radius 3 is 2.60 bits per heavy atom. The van der Waals surface area contributed by atoms with E-state index >= 15 is 0 Å². The van der Waals surface area contributed by atoms with E-state index in [-0.39, 0.29) is 30.1 Å². The predicted octanol–water partition coefficient (Wildman–Crippen LogP) is 1.97. The zero-order valence-corrected chi connectivity index (χ0v) is 16.9. The van der Waals surface area contributed by atoms with Crippen LogP contribution in [0.4, 0.5) is 4.39 Å². The average Bonchev–Trinajstić information content (AvgIpc) is 3.26. The number of nitrogens with zero attached hydrogens (tertiary/aromatic N) is 3. The monoisotopic (exact) mass is 415 g/mol. The predicted molar refractivity (Wildman–Crippen MR) is 105 cm³/mol. The quantitative estimate of drug-likeness (QED) is 0.544. The van der Waals surface area contributed by atoms with Crippen molar-refractivity contribution in [3.63, 3.8) is 0 Å². The highest BCUT2D eigenvalue weighted by Crippen LogP contribution is 2.26. The lowest BCUT2D eigenvalue weighted by atomic mass is 10.1. The number of ether oxygens (including phenoxy) is 1. The van der Waals surface area contributed by atoms with Crippen molar-refractivity contribution < 1.29 is 23.2 Å². The van der Waals surface area contributed by atoms with Crippen LogP contribution < -0.4 is 15.4 Å². The summed E-state index contributed by atoms with van der Waals surface area (Å²) in [6, 6.07) is 7.44. The molecule has 0 atom stereocenters. The summed E-state index contributed by atoms with van der Waals surface area (Å²) in [4.78, 5) is 23.1. The van der Waals surface area contributed by atoms with E-state index < -0.39 is 0 Å². The molecule has 0 fully saturated rings. The molecule has 0 unspecified atom stereocenters. The molecule has 30 heavy (non-hydrogen) atoms. The third kappa shape index (κ3) is 5.02. The highest BCUT2D eigenvalue weighted by Gasteiger charge is 2.18. The van der Waals surface area contributed by atoms with Crippen molar-refractivity contribution in [3.8, 4) is 17.1 Å². The molecule has 0 aliphatic rings. The van der Waals surface area contributed by atoms with Crippen molar-refractivity contribution in [3.05, 3.63) is 53.2 Å². The largest absolute Gasteiger partial charge is 0.471 e. The Balaban J connectivity index is 1.65. The molecule has 3 aromatic rings. The Morgan fingerprint density at radius 2 is 1.90 bits per heavy atom. The molecule has 2 aromatic heterocycles. The van der Waals surface area contributed by atoms with Gasteiger partial charge in [0.2, 0.25) is 11.8 Å². The number of hydrogen-bond donors (Lipinski definition) is 2. The van der Waals surface area contributed by atoms with Gasteiger partial charge in [0.15, 0.2) is 0 Å². The Kier molecular flexibility index (Phi) is 6.45. The van der Waals surface area contributed by atoms with Crippen LogP contribution in [0.1, 0.15) is 28.7 Å². The molecule has 0 radical (unpaired) electrons. The highest BCUT2D eigenvalue weighted by molar-refractivity contribution is 5.92. The van der Waals surface area contributed by atoms with E-state index in [1.165, 1.54) is 29.8 Å². The maximum atomic E-state index is 13.2. The van der Waals surface area contributed by atoms with Gasteiger partial charge >= 0.3 is 0 Å². The van der Waals surface area contributed by atoms with Crippen LogP contribution in [0.25, 0.3) is 11.3 Å². The van der Waals surface area contributed by atoms with Gasteiger partial charge in [-0.15, -0.1) is 5.10 Å². The lowest BCUT2D eigenvalue weighted by molar-refractivity contribution is -0.118. The molecule has 2 heterocycles. The fourth-order valence-corrected chi connectivity index (χ4v) is 2.77. The van der Waals surface area contributed by atoms with Crippen LogP contribution in [0.2, 0.25) is 0 Å². The van der Waals surface area contributed by atoms with Crippen LogP contribution in [-0.2, 0) is 18.4 Å². The van der Waals surface area contributed by atoms with Gasteiger partial charge in [-0.1, -0.05) is 5.16 Å². The summed E-state index contributed by atoms with van der Waals surface area (Å²) in [6.07, 6.45) is 0. The average molecular weight is 415 g/mol. The third-order valence-electron chi connectivity index (χ3n) is 4.34. The standard InChI is InChI=1S/C20H22FN5O4/c1-12-16(19(25-30-12)14-4-6-15(21)7-5-14)11-29-18-10-17(26(3)24-18)20(28)23-9-8-22-13(2)27/h4-7,10H,8-9,11H2,1-3H3,(H,22,27)(H,23,28). The molecular weight excluding hydrogens is 393 g/mol. The molecule has 10 heteroatoms. The van der Waals surface area contributed by atoms with Gasteiger partial charge in [-0.05, 0) is 31.2 Å². The number of carbonyl (C=O) groups excluding carboxylic acids is 2. The molecule has 1 aromatic carbocycles. The summed E-state index contributed by atoms with van der Waals surface area (Å²) in [5, 5.41) is 13.5. The third-order valence-corrected chi connectivity index (χ3v) is 4.34.